The summed E-state index contributed by atoms with van der Waals surface area (Å²) in [5, 5.41) is 7.33. The molecule has 1 aromatic heterocycles. The number of carbonyl (C=O) groups excluding carboxylic acids is 1. The van der Waals surface area contributed by atoms with Crippen LogP contribution in [0, 0.1) is 11.8 Å². The fourth-order valence-electron chi connectivity index (χ4n) is 3.26. The molecule has 3 rings (SSSR count). The normalized spacial score (nSPS) is 23.8. The molecular weight excluding hydrogens is 280 g/mol. The van der Waals surface area contributed by atoms with E-state index in [0.29, 0.717) is 12.5 Å². The van der Waals surface area contributed by atoms with Crippen molar-refractivity contribution in [3.8, 4) is 0 Å². The van der Waals surface area contributed by atoms with E-state index < -0.39 is 0 Å². The topological polar surface area (TPSA) is 59.4 Å². The first kappa shape index (κ1) is 15.5. The van der Waals surface area contributed by atoms with Crippen LogP contribution in [0.4, 0.5) is 0 Å². The molecule has 3 heterocycles. The Morgan fingerprint density at radius 2 is 2.23 bits per heavy atom. The summed E-state index contributed by atoms with van der Waals surface area (Å²) < 4.78 is 7.21. The summed E-state index contributed by atoms with van der Waals surface area (Å²) in [6.45, 7) is 5.29. The number of hydrogen-bond donors (Lipinski definition) is 1. The molecule has 0 bridgehead atoms. The van der Waals surface area contributed by atoms with Crippen LogP contribution >= 0.6 is 0 Å². The van der Waals surface area contributed by atoms with Crippen LogP contribution < -0.4 is 5.32 Å². The Balaban J connectivity index is 1.36. The van der Waals surface area contributed by atoms with Crippen molar-refractivity contribution < 1.29 is 9.53 Å². The highest BCUT2D eigenvalue weighted by Crippen LogP contribution is 2.19. The molecule has 22 heavy (non-hydrogen) atoms. The highest BCUT2D eigenvalue weighted by atomic mass is 16.5. The maximum absolute atomic E-state index is 12.0. The van der Waals surface area contributed by atoms with Crippen molar-refractivity contribution in [1.82, 2.24) is 20.0 Å². The van der Waals surface area contributed by atoms with Crippen molar-refractivity contribution >= 4 is 5.91 Å². The lowest BCUT2D eigenvalue weighted by atomic mass is 9.96. The minimum Gasteiger partial charge on any atom is -0.381 e. The molecular formula is C16H26N4O2. The summed E-state index contributed by atoms with van der Waals surface area (Å²) >= 11 is 0. The molecule has 122 valence electrons. The molecule has 0 aliphatic carbocycles. The summed E-state index contributed by atoms with van der Waals surface area (Å²) in [6, 6.07) is 2.08. The monoisotopic (exact) mass is 306 g/mol. The zero-order chi connectivity index (χ0) is 15.4. The number of nitrogens with zero attached hydrogens (tertiary/aromatic N) is 3. The van der Waals surface area contributed by atoms with Crippen molar-refractivity contribution in [2.24, 2.45) is 18.9 Å². The summed E-state index contributed by atoms with van der Waals surface area (Å²) in [6.07, 6.45) is 5.03. The van der Waals surface area contributed by atoms with Crippen LogP contribution in [0.5, 0.6) is 0 Å². The van der Waals surface area contributed by atoms with Crippen LogP contribution in [-0.2, 0) is 23.1 Å². The van der Waals surface area contributed by atoms with Crippen LogP contribution in [-0.4, -0.2) is 53.4 Å². The largest absolute Gasteiger partial charge is 0.381 e. The molecule has 1 amide bonds. The third-order valence-corrected chi connectivity index (χ3v) is 4.88. The quantitative estimate of drug-likeness (QED) is 0.873. The van der Waals surface area contributed by atoms with Gasteiger partial charge in [-0.2, -0.15) is 5.10 Å². The molecule has 2 aliphatic rings. The van der Waals surface area contributed by atoms with E-state index in [4.69, 9.17) is 4.74 Å². The van der Waals surface area contributed by atoms with Gasteiger partial charge in [-0.05, 0) is 44.3 Å². The van der Waals surface area contributed by atoms with E-state index in [1.165, 1.54) is 5.69 Å². The molecule has 2 fully saturated rings. The molecule has 0 spiro atoms. The summed E-state index contributed by atoms with van der Waals surface area (Å²) in [5.74, 6) is 0.855. The Hall–Kier alpha value is -1.40. The van der Waals surface area contributed by atoms with E-state index in [9.17, 15) is 4.79 Å². The number of ether oxygens (including phenoxy) is 1. The highest BCUT2D eigenvalue weighted by Gasteiger charge is 2.25. The maximum Gasteiger partial charge on any atom is 0.225 e. The van der Waals surface area contributed by atoms with E-state index in [1.54, 1.807) is 0 Å². The molecule has 6 heteroatoms. The molecule has 0 saturated carbocycles. The third kappa shape index (κ3) is 3.87. The van der Waals surface area contributed by atoms with Gasteiger partial charge in [0.15, 0.2) is 0 Å². The first-order chi connectivity index (χ1) is 10.7. The van der Waals surface area contributed by atoms with Gasteiger partial charge in [0, 0.05) is 32.9 Å². The third-order valence-electron chi connectivity index (χ3n) is 4.88. The summed E-state index contributed by atoms with van der Waals surface area (Å²) in [7, 11) is 1.99. The van der Waals surface area contributed by atoms with Crippen LogP contribution in [0.15, 0.2) is 12.3 Å². The second-order valence-electron chi connectivity index (χ2n) is 6.47. The Morgan fingerprint density at radius 3 is 2.86 bits per heavy atom. The van der Waals surface area contributed by atoms with E-state index in [0.717, 1.165) is 52.0 Å². The van der Waals surface area contributed by atoms with Crippen LogP contribution in [0.3, 0.4) is 0 Å². The molecule has 2 aliphatic heterocycles. The average Bonchev–Trinajstić information content (AvgIpc) is 3.19. The first-order valence-electron chi connectivity index (χ1n) is 8.27. The number of carbonyl (C=O) groups is 1. The number of amides is 1. The van der Waals surface area contributed by atoms with Gasteiger partial charge in [-0.25, -0.2) is 0 Å². The molecule has 6 nitrogen and oxygen atoms in total. The number of piperidine rings is 1. The minimum atomic E-state index is 0.0740. The van der Waals surface area contributed by atoms with E-state index in [-0.39, 0.29) is 11.8 Å². The van der Waals surface area contributed by atoms with Gasteiger partial charge in [0.1, 0.15) is 0 Å². The first-order valence-corrected chi connectivity index (χ1v) is 8.27. The highest BCUT2D eigenvalue weighted by molar-refractivity contribution is 5.78. The maximum atomic E-state index is 12.0. The minimum absolute atomic E-state index is 0.0740. The molecule has 1 atom stereocenters. The van der Waals surface area contributed by atoms with Crippen molar-refractivity contribution in [2.75, 3.05) is 32.8 Å². The summed E-state index contributed by atoms with van der Waals surface area (Å²) in [4.78, 5) is 14.5. The van der Waals surface area contributed by atoms with E-state index >= 15 is 0 Å². The number of likely N-dealkylation sites (tertiary alicyclic amines) is 1. The van der Waals surface area contributed by atoms with Gasteiger partial charge >= 0.3 is 0 Å². The smallest absolute Gasteiger partial charge is 0.225 e. The SMILES string of the molecule is Cn1nccc1CN1CCC(CNC(=O)C2CCOC2)CC1. The average molecular weight is 306 g/mol. The Bertz CT molecular complexity index is 488. The van der Waals surface area contributed by atoms with Gasteiger partial charge in [-0.3, -0.25) is 14.4 Å². The van der Waals surface area contributed by atoms with Gasteiger partial charge in [-0.15, -0.1) is 0 Å². The van der Waals surface area contributed by atoms with Crippen LogP contribution in [0.1, 0.15) is 25.0 Å². The predicted molar refractivity (Wildman–Crippen MR) is 83.1 cm³/mol. The van der Waals surface area contributed by atoms with E-state index in [1.807, 2.05) is 17.9 Å². The van der Waals surface area contributed by atoms with Gasteiger partial charge in [0.25, 0.3) is 0 Å². The van der Waals surface area contributed by atoms with Crippen LogP contribution in [0.25, 0.3) is 0 Å². The van der Waals surface area contributed by atoms with Gasteiger partial charge < -0.3 is 10.1 Å². The van der Waals surface area contributed by atoms with Crippen molar-refractivity contribution in [1.29, 1.82) is 0 Å². The van der Waals surface area contributed by atoms with Gasteiger partial charge in [0.2, 0.25) is 5.91 Å². The standard InChI is InChI=1S/C16H26N4O2/c1-19-15(2-6-18-19)11-20-7-3-13(4-8-20)10-17-16(21)14-5-9-22-12-14/h2,6,13-14H,3-5,7-12H2,1H3,(H,17,21). The molecule has 1 N–H and O–H groups in total. The number of nitrogens with one attached hydrogen (secondary N) is 1. The van der Waals surface area contributed by atoms with Crippen molar-refractivity contribution in [3.05, 3.63) is 18.0 Å². The molecule has 1 aromatic rings. The fraction of sp³-hybridized carbons (Fsp3) is 0.750. The van der Waals surface area contributed by atoms with Crippen molar-refractivity contribution in [3.63, 3.8) is 0 Å². The molecule has 1 unspecified atom stereocenters. The van der Waals surface area contributed by atoms with Crippen LogP contribution in [0.2, 0.25) is 0 Å². The number of aromatic nitrogens is 2. The molecule has 0 aromatic carbocycles. The zero-order valence-corrected chi connectivity index (χ0v) is 13.3. The number of aryl methyl sites for hydroxylation is 1. The second kappa shape index (κ2) is 7.24. The van der Waals surface area contributed by atoms with E-state index in [2.05, 4.69) is 21.4 Å². The number of rotatable bonds is 5. The Morgan fingerprint density at radius 1 is 1.41 bits per heavy atom. The van der Waals surface area contributed by atoms with Crippen molar-refractivity contribution in [2.45, 2.75) is 25.8 Å². The second-order valence-corrected chi connectivity index (χ2v) is 6.47. The summed E-state index contributed by atoms with van der Waals surface area (Å²) in [5.41, 5.74) is 1.26. The molecule has 0 radical (unpaired) electrons. The Kier molecular flexibility index (Phi) is 5.10. The Labute approximate surface area is 131 Å². The number of hydrogen-bond acceptors (Lipinski definition) is 4. The zero-order valence-electron chi connectivity index (χ0n) is 13.3. The van der Waals surface area contributed by atoms with Gasteiger partial charge in [0.05, 0.1) is 18.2 Å². The van der Waals surface area contributed by atoms with Gasteiger partial charge in [-0.1, -0.05) is 0 Å². The molecule has 2 saturated heterocycles. The lowest BCUT2D eigenvalue weighted by Gasteiger charge is -2.32. The lowest BCUT2D eigenvalue weighted by Crippen LogP contribution is -2.40. The lowest BCUT2D eigenvalue weighted by molar-refractivity contribution is -0.125. The fourth-order valence-corrected chi connectivity index (χ4v) is 3.26. The predicted octanol–water partition coefficient (Wildman–Crippen LogP) is 0.785.